The summed E-state index contributed by atoms with van der Waals surface area (Å²) in [7, 11) is 0. The molecule has 22 heavy (non-hydrogen) atoms. The van der Waals surface area contributed by atoms with Crippen molar-refractivity contribution < 1.29 is 0 Å². The van der Waals surface area contributed by atoms with Gasteiger partial charge in [-0.15, -0.1) is 0 Å². The number of benzene rings is 2. The highest BCUT2D eigenvalue weighted by Crippen LogP contribution is 2.49. The Kier molecular flexibility index (Phi) is 2.88. The topological polar surface area (TPSA) is 12.9 Å². The van der Waals surface area contributed by atoms with E-state index in [2.05, 4.69) is 61.3 Å². The molecule has 2 aromatic carbocycles. The van der Waals surface area contributed by atoms with Gasteiger partial charge in [-0.05, 0) is 39.9 Å². The molecule has 0 amide bonds. The Balaban J connectivity index is 1.97. The van der Waals surface area contributed by atoms with Crippen LogP contribution in [0.3, 0.4) is 0 Å². The Morgan fingerprint density at radius 2 is 1.64 bits per heavy atom. The second-order valence-corrected chi connectivity index (χ2v) is 6.69. The van der Waals surface area contributed by atoms with Crippen molar-refractivity contribution in [3.05, 3.63) is 77.1 Å². The lowest BCUT2D eigenvalue weighted by Gasteiger charge is -2.21. The van der Waals surface area contributed by atoms with E-state index < -0.39 is 0 Å². The van der Waals surface area contributed by atoms with Gasteiger partial charge >= 0.3 is 0 Å². The smallest absolute Gasteiger partial charge is 0.0515 e. The molecule has 1 aliphatic carbocycles. The van der Waals surface area contributed by atoms with Gasteiger partial charge in [0.2, 0.25) is 0 Å². The highest BCUT2D eigenvalue weighted by Gasteiger charge is 2.35. The van der Waals surface area contributed by atoms with Gasteiger partial charge in [-0.3, -0.25) is 4.98 Å². The first-order chi connectivity index (χ1) is 10.6. The summed E-state index contributed by atoms with van der Waals surface area (Å²) in [6, 6.07) is 17.1. The van der Waals surface area contributed by atoms with Crippen LogP contribution >= 0.6 is 11.6 Å². The largest absolute Gasteiger partial charge is 0.264 e. The van der Waals surface area contributed by atoms with E-state index in [4.69, 9.17) is 11.6 Å². The molecule has 0 unspecified atom stereocenters. The number of pyridine rings is 1. The maximum Gasteiger partial charge on any atom is 0.0515 e. The van der Waals surface area contributed by atoms with Crippen molar-refractivity contribution >= 4 is 11.6 Å². The highest BCUT2D eigenvalue weighted by atomic mass is 35.5. The van der Waals surface area contributed by atoms with Gasteiger partial charge in [-0.2, -0.15) is 0 Å². The zero-order valence-corrected chi connectivity index (χ0v) is 13.4. The van der Waals surface area contributed by atoms with E-state index in [0.29, 0.717) is 0 Å². The van der Waals surface area contributed by atoms with Crippen molar-refractivity contribution in [1.82, 2.24) is 4.98 Å². The van der Waals surface area contributed by atoms with Crippen LogP contribution in [0.1, 0.15) is 25.0 Å². The second kappa shape index (κ2) is 4.69. The number of halogens is 1. The second-order valence-electron chi connectivity index (χ2n) is 6.29. The maximum atomic E-state index is 6.33. The van der Waals surface area contributed by atoms with Gasteiger partial charge < -0.3 is 0 Å². The van der Waals surface area contributed by atoms with Crippen LogP contribution in [-0.4, -0.2) is 4.98 Å². The van der Waals surface area contributed by atoms with E-state index in [-0.39, 0.29) is 5.41 Å². The number of rotatable bonds is 1. The van der Waals surface area contributed by atoms with E-state index in [1.54, 1.807) is 6.20 Å². The molecular formula is C20H16ClN. The number of fused-ring (bicyclic) bond motifs is 3. The SMILES string of the molecule is CC1(C)c2ccccc2-c2cc(-c3cnccc3Cl)ccc21. The van der Waals surface area contributed by atoms with Gasteiger partial charge in [-0.1, -0.05) is 61.8 Å². The molecule has 0 aliphatic heterocycles. The number of hydrogen-bond acceptors (Lipinski definition) is 1. The van der Waals surface area contributed by atoms with Crippen LogP contribution in [0.15, 0.2) is 60.9 Å². The summed E-state index contributed by atoms with van der Waals surface area (Å²) in [4.78, 5) is 4.20. The van der Waals surface area contributed by atoms with Gasteiger partial charge in [0.05, 0.1) is 5.02 Å². The molecular weight excluding hydrogens is 290 g/mol. The van der Waals surface area contributed by atoms with Gasteiger partial charge in [0.25, 0.3) is 0 Å². The summed E-state index contributed by atoms with van der Waals surface area (Å²) in [5, 5.41) is 0.737. The molecule has 4 rings (SSSR count). The molecule has 0 atom stereocenters. The molecule has 0 bridgehead atoms. The summed E-state index contributed by atoms with van der Waals surface area (Å²) in [6.07, 6.45) is 3.55. The van der Waals surface area contributed by atoms with Crippen molar-refractivity contribution in [2.75, 3.05) is 0 Å². The minimum atomic E-state index is 0.0448. The highest BCUT2D eigenvalue weighted by molar-refractivity contribution is 6.33. The summed E-state index contributed by atoms with van der Waals surface area (Å²) in [5.41, 5.74) is 7.53. The van der Waals surface area contributed by atoms with Crippen molar-refractivity contribution in [3.63, 3.8) is 0 Å². The molecule has 0 spiro atoms. The van der Waals surface area contributed by atoms with Crippen molar-refractivity contribution in [2.24, 2.45) is 0 Å². The molecule has 0 N–H and O–H groups in total. The molecule has 3 aromatic rings. The van der Waals surface area contributed by atoms with Crippen LogP contribution in [-0.2, 0) is 5.41 Å². The summed E-state index contributed by atoms with van der Waals surface area (Å²) < 4.78 is 0. The van der Waals surface area contributed by atoms with E-state index in [1.165, 1.54) is 22.3 Å². The van der Waals surface area contributed by atoms with Gasteiger partial charge in [0, 0.05) is 23.4 Å². The molecule has 0 saturated carbocycles. The Bertz CT molecular complexity index is 880. The summed E-state index contributed by atoms with van der Waals surface area (Å²) in [5.74, 6) is 0. The van der Waals surface area contributed by atoms with E-state index in [0.717, 1.165) is 16.1 Å². The number of hydrogen-bond donors (Lipinski definition) is 0. The average molecular weight is 306 g/mol. The Morgan fingerprint density at radius 3 is 2.45 bits per heavy atom. The van der Waals surface area contributed by atoms with Crippen molar-refractivity contribution in [2.45, 2.75) is 19.3 Å². The van der Waals surface area contributed by atoms with Crippen LogP contribution in [0.5, 0.6) is 0 Å². The molecule has 0 fully saturated rings. The molecule has 2 heteroatoms. The lowest BCUT2D eigenvalue weighted by atomic mass is 9.82. The minimum Gasteiger partial charge on any atom is -0.264 e. The molecule has 1 nitrogen and oxygen atoms in total. The molecule has 1 heterocycles. The predicted molar refractivity (Wildman–Crippen MR) is 92.2 cm³/mol. The predicted octanol–water partition coefficient (Wildman–Crippen LogP) is 5.71. The maximum absolute atomic E-state index is 6.33. The fraction of sp³-hybridized carbons (Fsp3) is 0.150. The number of nitrogens with zero attached hydrogens (tertiary/aromatic N) is 1. The van der Waals surface area contributed by atoms with Crippen molar-refractivity contribution in [3.8, 4) is 22.3 Å². The first kappa shape index (κ1) is 13.5. The first-order valence-electron chi connectivity index (χ1n) is 7.43. The average Bonchev–Trinajstić information content (AvgIpc) is 2.76. The lowest BCUT2D eigenvalue weighted by Crippen LogP contribution is -2.14. The van der Waals surface area contributed by atoms with Crippen LogP contribution < -0.4 is 0 Å². The third-order valence-electron chi connectivity index (χ3n) is 4.66. The van der Waals surface area contributed by atoms with Crippen LogP contribution in [0.4, 0.5) is 0 Å². The Morgan fingerprint density at radius 1 is 0.864 bits per heavy atom. The van der Waals surface area contributed by atoms with Gasteiger partial charge in [0.15, 0.2) is 0 Å². The minimum absolute atomic E-state index is 0.0448. The first-order valence-corrected chi connectivity index (χ1v) is 7.81. The van der Waals surface area contributed by atoms with Crippen LogP contribution in [0.2, 0.25) is 5.02 Å². The molecule has 0 radical (unpaired) electrons. The zero-order valence-electron chi connectivity index (χ0n) is 12.6. The third-order valence-corrected chi connectivity index (χ3v) is 4.99. The van der Waals surface area contributed by atoms with Crippen LogP contribution in [0, 0.1) is 0 Å². The third kappa shape index (κ3) is 1.82. The lowest BCUT2D eigenvalue weighted by molar-refractivity contribution is 0.660. The monoisotopic (exact) mass is 305 g/mol. The fourth-order valence-corrected chi connectivity index (χ4v) is 3.69. The molecule has 0 saturated heterocycles. The molecule has 108 valence electrons. The van der Waals surface area contributed by atoms with Crippen LogP contribution in [0.25, 0.3) is 22.3 Å². The summed E-state index contributed by atoms with van der Waals surface area (Å²) >= 11 is 6.33. The normalized spacial score (nSPS) is 14.5. The zero-order chi connectivity index (χ0) is 15.3. The molecule has 1 aromatic heterocycles. The fourth-order valence-electron chi connectivity index (χ4n) is 3.48. The van der Waals surface area contributed by atoms with Gasteiger partial charge in [0.1, 0.15) is 0 Å². The Hall–Kier alpha value is -2.12. The van der Waals surface area contributed by atoms with E-state index in [1.807, 2.05) is 12.3 Å². The quantitative estimate of drug-likeness (QED) is 0.561. The van der Waals surface area contributed by atoms with E-state index >= 15 is 0 Å². The van der Waals surface area contributed by atoms with Gasteiger partial charge in [-0.25, -0.2) is 0 Å². The van der Waals surface area contributed by atoms with Crippen molar-refractivity contribution in [1.29, 1.82) is 0 Å². The standard InChI is InChI=1S/C20H16ClN/c1-20(2)17-6-4-3-5-14(17)15-11-13(7-8-18(15)20)16-12-22-10-9-19(16)21/h3-12H,1-2H3. The Labute approximate surface area is 135 Å². The molecule has 1 aliphatic rings. The number of aromatic nitrogens is 1. The summed E-state index contributed by atoms with van der Waals surface area (Å²) in [6.45, 7) is 4.57. The van der Waals surface area contributed by atoms with E-state index in [9.17, 15) is 0 Å².